The number of hydrogen-bond acceptors (Lipinski definition) is 2. The maximum Gasteiger partial charge on any atom is 0.217 e. The Morgan fingerprint density at radius 2 is 2.60 bits per heavy atom. The Morgan fingerprint density at radius 3 is 3.10 bits per heavy atom. The van der Waals surface area contributed by atoms with Crippen LogP contribution >= 0.6 is 0 Å². The van der Waals surface area contributed by atoms with E-state index < -0.39 is 0 Å². The molecule has 0 aromatic carbocycles. The molecule has 0 bridgehead atoms. The molecule has 1 aliphatic heterocycles. The van der Waals surface area contributed by atoms with Gasteiger partial charge >= 0.3 is 0 Å². The standard InChI is InChI=1S/C6H12BN2O/c8-6(10)3-5-4-9-2-1-7-5/h5,9H,1-4H2,(H2,8,10). The Labute approximate surface area is 61.6 Å². The summed E-state index contributed by atoms with van der Waals surface area (Å²) in [6, 6.07) is 0. The highest BCUT2D eigenvalue weighted by atomic mass is 16.1. The molecule has 0 aliphatic carbocycles. The molecule has 0 saturated carbocycles. The van der Waals surface area contributed by atoms with Gasteiger partial charge < -0.3 is 11.1 Å². The van der Waals surface area contributed by atoms with Crippen molar-refractivity contribution in [3.63, 3.8) is 0 Å². The zero-order chi connectivity index (χ0) is 7.40. The van der Waals surface area contributed by atoms with Crippen molar-refractivity contribution in [2.75, 3.05) is 13.1 Å². The van der Waals surface area contributed by atoms with Crippen LogP contribution in [0.15, 0.2) is 0 Å². The van der Waals surface area contributed by atoms with Crippen molar-refractivity contribution in [3.05, 3.63) is 0 Å². The molecule has 55 valence electrons. The van der Waals surface area contributed by atoms with Gasteiger partial charge in [0.2, 0.25) is 5.91 Å². The van der Waals surface area contributed by atoms with Gasteiger partial charge in [0.1, 0.15) is 7.28 Å². The third-order valence-corrected chi connectivity index (χ3v) is 1.69. The Kier molecular flexibility index (Phi) is 2.74. The molecular weight excluding hydrogens is 127 g/mol. The molecule has 1 saturated heterocycles. The summed E-state index contributed by atoms with van der Waals surface area (Å²) in [5.74, 6) is 0.163. The van der Waals surface area contributed by atoms with Crippen LogP contribution in [0.3, 0.4) is 0 Å². The van der Waals surface area contributed by atoms with Crippen LogP contribution in [0.2, 0.25) is 12.1 Å². The van der Waals surface area contributed by atoms with Crippen LogP contribution in [0, 0.1) is 0 Å². The van der Waals surface area contributed by atoms with Gasteiger partial charge in [-0.15, -0.1) is 0 Å². The molecule has 1 rings (SSSR count). The van der Waals surface area contributed by atoms with Crippen molar-refractivity contribution < 1.29 is 4.79 Å². The van der Waals surface area contributed by atoms with E-state index in [1.54, 1.807) is 0 Å². The van der Waals surface area contributed by atoms with Crippen LogP contribution in [0.4, 0.5) is 0 Å². The number of nitrogens with one attached hydrogen (secondary N) is 1. The monoisotopic (exact) mass is 139 g/mol. The van der Waals surface area contributed by atoms with Crippen LogP contribution in [-0.4, -0.2) is 26.3 Å². The van der Waals surface area contributed by atoms with Gasteiger partial charge in [0.15, 0.2) is 0 Å². The molecular formula is C6H12BN2O. The van der Waals surface area contributed by atoms with Crippen molar-refractivity contribution in [1.29, 1.82) is 0 Å². The van der Waals surface area contributed by atoms with E-state index in [0.29, 0.717) is 12.2 Å². The molecule has 1 amide bonds. The first-order valence-electron chi connectivity index (χ1n) is 3.61. The second-order valence-electron chi connectivity index (χ2n) is 2.66. The minimum absolute atomic E-state index is 0.204. The average molecular weight is 139 g/mol. The van der Waals surface area contributed by atoms with Crippen LogP contribution in [-0.2, 0) is 4.79 Å². The minimum atomic E-state index is -0.204. The lowest BCUT2D eigenvalue weighted by Gasteiger charge is -2.19. The normalized spacial score (nSPS) is 25.4. The zero-order valence-corrected chi connectivity index (χ0v) is 5.97. The smallest absolute Gasteiger partial charge is 0.217 e. The van der Waals surface area contributed by atoms with Gasteiger partial charge in [-0.3, -0.25) is 4.79 Å². The van der Waals surface area contributed by atoms with Gasteiger partial charge in [-0.25, -0.2) is 0 Å². The lowest BCUT2D eigenvalue weighted by molar-refractivity contribution is -0.118. The Balaban J connectivity index is 2.19. The highest BCUT2D eigenvalue weighted by Gasteiger charge is 2.15. The summed E-state index contributed by atoms with van der Waals surface area (Å²) in [7, 11) is 2.17. The lowest BCUT2D eigenvalue weighted by Crippen LogP contribution is -2.33. The SMILES string of the molecule is NC(=O)CC1[B]CCNC1. The largest absolute Gasteiger partial charge is 0.370 e. The van der Waals surface area contributed by atoms with Gasteiger partial charge in [0, 0.05) is 6.42 Å². The third kappa shape index (κ3) is 2.39. The number of carbonyl (C=O) groups is 1. The molecule has 3 nitrogen and oxygen atoms in total. The Hall–Kier alpha value is -0.505. The predicted octanol–water partition coefficient (Wildman–Crippen LogP) is -0.624. The van der Waals surface area contributed by atoms with Crippen molar-refractivity contribution in [2.24, 2.45) is 5.73 Å². The van der Waals surface area contributed by atoms with Crippen molar-refractivity contribution in [3.8, 4) is 0 Å². The number of primary amides is 1. The summed E-state index contributed by atoms with van der Waals surface area (Å²) in [5, 5.41) is 3.20. The zero-order valence-electron chi connectivity index (χ0n) is 5.97. The second-order valence-corrected chi connectivity index (χ2v) is 2.66. The van der Waals surface area contributed by atoms with Gasteiger partial charge in [-0.2, -0.15) is 0 Å². The molecule has 1 atom stereocenters. The fourth-order valence-corrected chi connectivity index (χ4v) is 1.21. The summed E-state index contributed by atoms with van der Waals surface area (Å²) in [6.45, 7) is 1.94. The Morgan fingerprint density at radius 1 is 1.80 bits per heavy atom. The average Bonchev–Trinajstić information content (AvgIpc) is 1.88. The first kappa shape index (κ1) is 7.60. The summed E-state index contributed by atoms with van der Waals surface area (Å²) < 4.78 is 0. The van der Waals surface area contributed by atoms with Crippen molar-refractivity contribution >= 4 is 13.2 Å². The third-order valence-electron chi connectivity index (χ3n) is 1.69. The fraction of sp³-hybridized carbons (Fsp3) is 0.833. The number of amides is 1. The van der Waals surface area contributed by atoms with Crippen LogP contribution in [0.5, 0.6) is 0 Å². The highest BCUT2D eigenvalue weighted by Crippen LogP contribution is 2.11. The number of hydrogen-bond donors (Lipinski definition) is 2. The van der Waals surface area contributed by atoms with E-state index in [0.717, 1.165) is 19.4 Å². The minimum Gasteiger partial charge on any atom is -0.370 e. The summed E-state index contributed by atoms with van der Waals surface area (Å²) in [4.78, 5) is 10.4. The molecule has 3 N–H and O–H groups in total. The van der Waals surface area contributed by atoms with E-state index in [4.69, 9.17) is 5.73 Å². The van der Waals surface area contributed by atoms with E-state index in [1.807, 2.05) is 0 Å². The number of nitrogens with two attached hydrogens (primary N) is 1. The van der Waals surface area contributed by atoms with Crippen molar-refractivity contribution in [2.45, 2.75) is 18.6 Å². The lowest BCUT2D eigenvalue weighted by atomic mass is 9.58. The van der Waals surface area contributed by atoms with Crippen LogP contribution in [0.1, 0.15) is 6.42 Å². The summed E-state index contributed by atoms with van der Waals surface area (Å²) >= 11 is 0. The molecule has 1 heterocycles. The second kappa shape index (κ2) is 3.61. The van der Waals surface area contributed by atoms with Gasteiger partial charge in [-0.05, 0) is 18.9 Å². The van der Waals surface area contributed by atoms with E-state index in [1.165, 1.54) is 0 Å². The molecule has 10 heavy (non-hydrogen) atoms. The molecule has 0 aromatic rings. The molecule has 4 heteroatoms. The molecule has 1 aliphatic rings. The highest BCUT2D eigenvalue weighted by molar-refractivity contribution is 6.38. The van der Waals surface area contributed by atoms with E-state index >= 15 is 0 Å². The molecule has 0 spiro atoms. The van der Waals surface area contributed by atoms with E-state index in [2.05, 4.69) is 12.6 Å². The van der Waals surface area contributed by atoms with Crippen LogP contribution in [0.25, 0.3) is 0 Å². The van der Waals surface area contributed by atoms with Crippen LogP contribution < -0.4 is 11.1 Å². The quantitative estimate of drug-likeness (QED) is 0.500. The van der Waals surface area contributed by atoms with E-state index in [-0.39, 0.29) is 5.91 Å². The Bertz CT molecular complexity index is 123. The topological polar surface area (TPSA) is 55.1 Å². The van der Waals surface area contributed by atoms with Gasteiger partial charge in [0.25, 0.3) is 0 Å². The van der Waals surface area contributed by atoms with Crippen molar-refractivity contribution in [1.82, 2.24) is 5.32 Å². The summed E-state index contributed by atoms with van der Waals surface area (Å²) in [6.07, 6.45) is 1.55. The fourth-order valence-electron chi connectivity index (χ4n) is 1.21. The van der Waals surface area contributed by atoms with Gasteiger partial charge in [0.05, 0.1) is 0 Å². The molecule has 1 fully saturated rings. The molecule has 1 radical (unpaired) electrons. The molecule has 1 unspecified atom stereocenters. The maximum absolute atomic E-state index is 10.4. The molecule has 0 aromatic heterocycles. The van der Waals surface area contributed by atoms with Gasteiger partial charge in [-0.1, -0.05) is 6.32 Å². The maximum atomic E-state index is 10.4. The summed E-state index contributed by atoms with van der Waals surface area (Å²) in [5.41, 5.74) is 5.04. The first-order chi connectivity index (χ1) is 4.79. The number of rotatable bonds is 2. The van der Waals surface area contributed by atoms with E-state index in [9.17, 15) is 4.79 Å². The predicted molar refractivity (Wildman–Crippen MR) is 41.0 cm³/mol. The first-order valence-corrected chi connectivity index (χ1v) is 3.61. The number of carbonyl (C=O) groups excluding carboxylic acids is 1.